The van der Waals surface area contributed by atoms with Crippen molar-refractivity contribution in [3.8, 4) is 11.1 Å². The number of benzene rings is 3. The molecule has 7 N–H and O–H groups in total. The zero-order valence-corrected chi connectivity index (χ0v) is 26.9. The third-order valence-corrected chi connectivity index (χ3v) is 9.10. The number of carbonyl (C=O) groups is 2. The van der Waals surface area contributed by atoms with Crippen LogP contribution in [0.4, 0.5) is 14.5 Å². The van der Waals surface area contributed by atoms with Crippen molar-refractivity contribution in [3.05, 3.63) is 82.0 Å². The van der Waals surface area contributed by atoms with Gasteiger partial charge in [0.25, 0.3) is 0 Å². The van der Waals surface area contributed by atoms with Gasteiger partial charge in [0.15, 0.2) is 11.6 Å². The molecule has 47 heavy (non-hydrogen) atoms. The van der Waals surface area contributed by atoms with Crippen molar-refractivity contribution in [2.24, 2.45) is 23.3 Å². The highest BCUT2D eigenvalue weighted by molar-refractivity contribution is 6.02. The average molecular weight is 666 g/mol. The minimum Gasteiger partial charge on any atom is -0.368 e. The fraction of sp³-hybridized carbons (Fsp3) is 0.353. The number of imidazole rings is 2. The van der Waals surface area contributed by atoms with Crippen LogP contribution >= 0.6 is 12.4 Å². The number of nitrogens with one attached hydrogen (secondary N) is 3. The molecule has 0 aliphatic heterocycles. The molecular formula is C34H38ClF2N7O3. The van der Waals surface area contributed by atoms with Crippen LogP contribution in [0.2, 0.25) is 0 Å². The minimum absolute atomic E-state index is 0. The number of aromatic nitrogens is 4. The first-order valence-corrected chi connectivity index (χ1v) is 15.6. The van der Waals surface area contributed by atoms with E-state index in [4.69, 9.17) is 11.5 Å². The predicted octanol–water partition coefficient (Wildman–Crippen LogP) is 5.42. The molecule has 1 aliphatic rings. The van der Waals surface area contributed by atoms with E-state index in [-0.39, 0.29) is 53.3 Å². The van der Waals surface area contributed by atoms with E-state index in [1.165, 1.54) is 11.0 Å². The predicted molar refractivity (Wildman–Crippen MR) is 180 cm³/mol. The van der Waals surface area contributed by atoms with Gasteiger partial charge in [-0.1, -0.05) is 38.1 Å². The van der Waals surface area contributed by atoms with Crippen LogP contribution in [0.1, 0.15) is 56.8 Å². The number of anilines is 1. The molecule has 0 spiro atoms. The number of amides is 2. The number of primary amides is 1. The molecule has 1 aliphatic carbocycles. The number of nitrogens with zero attached hydrogens (tertiary/aromatic N) is 2. The Kier molecular flexibility index (Phi) is 9.83. The summed E-state index contributed by atoms with van der Waals surface area (Å²) >= 11 is 0. The summed E-state index contributed by atoms with van der Waals surface area (Å²) in [5.74, 6) is -2.34. The van der Waals surface area contributed by atoms with E-state index in [1.54, 1.807) is 42.5 Å². The highest BCUT2D eigenvalue weighted by Crippen LogP contribution is 2.34. The number of rotatable bonds is 9. The number of aromatic amines is 3. The monoisotopic (exact) mass is 665 g/mol. The average Bonchev–Trinajstić information content (AvgIpc) is 3.65. The summed E-state index contributed by atoms with van der Waals surface area (Å²) in [6.07, 6.45) is 2.99. The Balaban J connectivity index is 0.00000433. The van der Waals surface area contributed by atoms with Crippen LogP contribution in [0, 0.1) is 23.5 Å². The van der Waals surface area contributed by atoms with E-state index in [9.17, 15) is 14.4 Å². The molecule has 6 rings (SSSR count). The molecule has 1 fully saturated rings. The first-order chi connectivity index (χ1) is 22.0. The molecule has 3 aromatic carbocycles. The quantitative estimate of drug-likeness (QED) is 0.142. The smallest absolute Gasteiger partial charge is 0.323 e. The number of hydrogen-bond donors (Lipinski definition) is 5. The first-order valence-electron chi connectivity index (χ1n) is 15.6. The van der Waals surface area contributed by atoms with Crippen molar-refractivity contribution in [1.82, 2.24) is 19.9 Å². The Morgan fingerprint density at radius 3 is 2.26 bits per heavy atom. The lowest BCUT2D eigenvalue weighted by Crippen LogP contribution is -2.52. The van der Waals surface area contributed by atoms with Gasteiger partial charge >= 0.3 is 5.69 Å². The molecular weight excluding hydrogens is 628 g/mol. The van der Waals surface area contributed by atoms with Gasteiger partial charge in [0.2, 0.25) is 11.8 Å². The van der Waals surface area contributed by atoms with Crippen molar-refractivity contribution >= 4 is 52.0 Å². The molecule has 0 bridgehead atoms. The third kappa shape index (κ3) is 6.66. The topological polar surface area (TPSA) is 167 Å². The number of halogens is 3. The number of hydrogen-bond acceptors (Lipinski definition) is 5. The van der Waals surface area contributed by atoms with Gasteiger partial charge in [-0.15, -0.1) is 12.4 Å². The molecule has 1 atom stereocenters. The van der Waals surface area contributed by atoms with Crippen LogP contribution in [-0.4, -0.2) is 44.3 Å². The van der Waals surface area contributed by atoms with Gasteiger partial charge < -0.3 is 26.4 Å². The molecule has 2 heterocycles. The highest BCUT2D eigenvalue weighted by atomic mass is 35.5. The van der Waals surface area contributed by atoms with Crippen molar-refractivity contribution in [2.75, 3.05) is 11.4 Å². The Bertz CT molecular complexity index is 1980. The molecule has 248 valence electrons. The molecule has 10 nitrogen and oxygen atoms in total. The summed E-state index contributed by atoms with van der Waals surface area (Å²) in [6, 6.07) is 12.2. The number of carbonyl (C=O) groups excluding carboxylic acids is 2. The SMILES string of the molecule is CC(C)c1nc2c(F)c(F)c(-c3ccc(C[C@@H](C(N)=O)N(C(=O)C4CCC(CN)CC4)c4ccc5[nH]c(=O)[nH]c5c4)cc3)cc2[nH]1.Cl. The molecule has 0 unspecified atom stereocenters. The Morgan fingerprint density at radius 2 is 1.62 bits per heavy atom. The zero-order chi connectivity index (χ0) is 32.7. The normalized spacial score (nSPS) is 17.1. The summed E-state index contributed by atoms with van der Waals surface area (Å²) < 4.78 is 30.2. The van der Waals surface area contributed by atoms with Gasteiger partial charge in [0.05, 0.1) is 16.6 Å². The van der Waals surface area contributed by atoms with E-state index in [2.05, 4.69) is 19.9 Å². The standard InChI is InChI=1S/C34H37F2N7O3.ClH/c1-17(2)32-39-26-15-23(28(35)29(36)30(26)42-32)20-7-3-18(4-8-20)13-27(31(38)44)43(33(45)21-9-5-19(16-37)6-10-21)22-11-12-24-25(14-22)41-34(46)40-24;/h3-4,7-8,11-12,14-15,17,19,21,27H,5-6,9-10,13,16,37H2,1-2H3,(H2,38,44)(H,39,42)(H2,40,41,46);1H/t19?,21?,27-;/m0./s1. The van der Waals surface area contributed by atoms with Crippen LogP contribution in [0.15, 0.2) is 53.3 Å². The lowest BCUT2D eigenvalue weighted by atomic mass is 9.81. The van der Waals surface area contributed by atoms with Crippen LogP contribution in [0.5, 0.6) is 0 Å². The summed E-state index contributed by atoms with van der Waals surface area (Å²) in [6.45, 7) is 4.38. The maximum Gasteiger partial charge on any atom is 0.323 e. The molecule has 2 aromatic heterocycles. The van der Waals surface area contributed by atoms with Crippen LogP contribution in [0.3, 0.4) is 0 Å². The van der Waals surface area contributed by atoms with Gasteiger partial charge in [0.1, 0.15) is 17.4 Å². The van der Waals surface area contributed by atoms with Crippen molar-refractivity contribution < 1.29 is 18.4 Å². The third-order valence-electron chi connectivity index (χ3n) is 9.10. The van der Waals surface area contributed by atoms with Crippen LogP contribution in [-0.2, 0) is 16.0 Å². The van der Waals surface area contributed by atoms with E-state index in [1.807, 2.05) is 13.8 Å². The van der Waals surface area contributed by atoms with Gasteiger partial charge in [-0.2, -0.15) is 0 Å². The summed E-state index contributed by atoms with van der Waals surface area (Å²) in [5, 5.41) is 0. The molecule has 5 aromatic rings. The first kappa shape index (κ1) is 33.8. The molecule has 1 saturated carbocycles. The lowest BCUT2D eigenvalue weighted by Gasteiger charge is -2.35. The Hall–Kier alpha value is -4.55. The van der Waals surface area contributed by atoms with Crippen molar-refractivity contribution in [2.45, 2.75) is 57.9 Å². The fourth-order valence-electron chi connectivity index (χ4n) is 6.43. The molecule has 0 saturated heterocycles. The van der Waals surface area contributed by atoms with Gasteiger partial charge in [-0.05, 0) is 73.5 Å². The molecule has 13 heteroatoms. The van der Waals surface area contributed by atoms with Crippen LogP contribution in [0.25, 0.3) is 33.2 Å². The zero-order valence-electron chi connectivity index (χ0n) is 26.1. The molecule has 0 radical (unpaired) electrons. The number of nitrogens with two attached hydrogens (primary N) is 2. The Labute approximate surface area is 275 Å². The second-order valence-electron chi connectivity index (χ2n) is 12.5. The Morgan fingerprint density at radius 1 is 0.936 bits per heavy atom. The molecule has 2 amide bonds. The summed E-state index contributed by atoms with van der Waals surface area (Å²) in [7, 11) is 0. The van der Waals surface area contributed by atoms with E-state index >= 15 is 8.78 Å². The van der Waals surface area contributed by atoms with E-state index in [0.717, 1.165) is 12.8 Å². The van der Waals surface area contributed by atoms with Gasteiger partial charge in [-0.3, -0.25) is 14.5 Å². The fourth-order valence-corrected chi connectivity index (χ4v) is 6.43. The van der Waals surface area contributed by atoms with Crippen molar-refractivity contribution in [3.63, 3.8) is 0 Å². The van der Waals surface area contributed by atoms with Gasteiger partial charge in [-0.25, -0.2) is 18.6 Å². The summed E-state index contributed by atoms with van der Waals surface area (Å²) in [5.41, 5.74) is 14.5. The van der Waals surface area contributed by atoms with Crippen LogP contribution < -0.4 is 22.1 Å². The highest BCUT2D eigenvalue weighted by Gasteiger charge is 2.36. The maximum atomic E-state index is 15.2. The summed E-state index contributed by atoms with van der Waals surface area (Å²) in [4.78, 5) is 53.3. The number of fused-ring (bicyclic) bond motifs is 2. The second kappa shape index (κ2) is 13.7. The van der Waals surface area contributed by atoms with Gasteiger partial charge in [0, 0.05) is 29.5 Å². The van der Waals surface area contributed by atoms with Crippen molar-refractivity contribution in [1.29, 1.82) is 0 Å². The lowest BCUT2D eigenvalue weighted by molar-refractivity contribution is -0.127. The van der Waals surface area contributed by atoms with E-state index in [0.29, 0.717) is 64.5 Å². The number of H-pyrrole nitrogens is 3. The minimum atomic E-state index is -1.06. The maximum absolute atomic E-state index is 15.2. The largest absolute Gasteiger partial charge is 0.368 e. The second-order valence-corrected chi connectivity index (χ2v) is 12.5. The van der Waals surface area contributed by atoms with E-state index < -0.39 is 23.6 Å².